The molecule has 0 amide bonds. The highest BCUT2D eigenvalue weighted by Gasteiger charge is 2.29. The highest BCUT2D eigenvalue weighted by molar-refractivity contribution is 4.94. The van der Waals surface area contributed by atoms with Gasteiger partial charge in [0.1, 0.15) is 5.82 Å². The number of hydrogen-bond donors (Lipinski definition) is 2. The van der Waals surface area contributed by atoms with Crippen LogP contribution in [0.1, 0.15) is 19.2 Å². The molecule has 2 heterocycles. The quantitative estimate of drug-likeness (QED) is 0.776. The van der Waals surface area contributed by atoms with Gasteiger partial charge in [0.05, 0.1) is 12.7 Å². The molecule has 0 saturated carbocycles. The van der Waals surface area contributed by atoms with Crippen LogP contribution < -0.4 is 5.32 Å². The fraction of sp³-hybridized carbons (Fsp3) is 0.727. The van der Waals surface area contributed by atoms with Crippen LogP contribution in [-0.4, -0.2) is 35.8 Å². The third kappa shape index (κ3) is 2.58. The highest BCUT2D eigenvalue weighted by Crippen LogP contribution is 2.23. The zero-order valence-electron chi connectivity index (χ0n) is 9.36. The van der Waals surface area contributed by atoms with Crippen LogP contribution in [-0.2, 0) is 11.2 Å². The van der Waals surface area contributed by atoms with Crippen LogP contribution in [0.3, 0.4) is 0 Å². The van der Waals surface area contributed by atoms with E-state index in [1.54, 1.807) is 6.20 Å². The van der Waals surface area contributed by atoms with Gasteiger partial charge in [-0.2, -0.15) is 0 Å². The molecule has 2 N–H and O–H groups in total. The number of hydrogen-bond acceptors (Lipinski definition) is 3. The van der Waals surface area contributed by atoms with E-state index in [0.717, 1.165) is 25.3 Å². The van der Waals surface area contributed by atoms with Crippen molar-refractivity contribution in [3.05, 3.63) is 18.2 Å². The lowest BCUT2D eigenvalue weighted by atomic mass is 9.94. The summed E-state index contributed by atoms with van der Waals surface area (Å²) in [5.74, 6) is 1.66. The maximum atomic E-state index is 5.60. The fourth-order valence-corrected chi connectivity index (χ4v) is 2.25. The smallest absolute Gasteiger partial charge is 0.107 e. The van der Waals surface area contributed by atoms with Crippen LogP contribution in [0.2, 0.25) is 0 Å². The fourth-order valence-electron chi connectivity index (χ4n) is 2.25. The van der Waals surface area contributed by atoms with Crippen molar-refractivity contribution in [2.75, 3.05) is 13.7 Å². The largest absolute Gasteiger partial charge is 0.378 e. The second-order valence-electron chi connectivity index (χ2n) is 4.27. The van der Waals surface area contributed by atoms with Gasteiger partial charge < -0.3 is 15.0 Å². The van der Waals surface area contributed by atoms with Crippen LogP contribution in [0.25, 0.3) is 0 Å². The highest BCUT2D eigenvalue weighted by atomic mass is 16.5. The summed E-state index contributed by atoms with van der Waals surface area (Å²) in [7, 11) is 2.01. The summed E-state index contributed by atoms with van der Waals surface area (Å²) in [5.41, 5.74) is 0. The molecule has 15 heavy (non-hydrogen) atoms. The molecule has 1 aromatic heterocycles. The maximum absolute atomic E-state index is 5.60. The lowest BCUT2D eigenvalue weighted by molar-refractivity contribution is 0.117. The summed E-state index contributed by atoms with van der Waals surface area (Å²) >= 11 is 0. The first-order valence-corrected chi connectivity index (χ1v) is 5.56. The van der Waals surface area contributed by atoms with E-state index < -0.39 is 0 Å². The van der Waals surface area contributed by atoms with E-state index in [1.807, 2.05) is 13.2 Å². The van der Waals surface area contributed by atoms with Gasteiger partial charge in [-0.15, -0.1) is 0 Å². The summed E-state index contributed by atoms with van der Waals surface area (Å²) in [6, 6.07) is 0.459. The van der Waals surface area contributed by atoms with Crippen LogP contribution in [0.4, 0.5) is 0 Å². The van der Waals surface area contributed by atoms with E-state index >= 15 is 0 Å². The molecule has 2 rings (SSSR count). The van der Waals surface area contributed by atoms with Crippen molar-refractivity contribution in [3.8, 4) is 0 Å². The molecule has 1 saturated heterocycles. The Labute approximate surface area is 90.4 Å². The Balaban J connectivity index is 1.92. The van der Waals surface area contributed by atoms with E-state index in [4.69, 9.17) is 4.74 Å². The molecular formula is C11H19N3O. The van der Waals surface area contributed by atoms with Gasteiger partial charge in [0.25, 0.3) is 0 Å². The van der Waals surface area contributed by atoms with E-state index in [0.29, 0.717) is 18.1 Å². The Morgan fingerprint density at radius 3 is 3.13 bits per heavy atom. The zero-order valence-corrected chi connectivity index (χ0v) is 9.36. The number of aromatic amines is 1. The van der Waals surface area contributed by atoms with Crippen LogP contribution in [0.15, 0.2) is 12.4 Å². The number of imidazole rings is 1. The Bertz CT molecular complexity index is 286. The number of ether oxygens (including phenoxy) is 1. The van der Waals surface area contributed by atoms with Gasteiger partial charge in [-0.05, 0) is 20.4 Å². The van der Waals surface area contributed by atoms with Gasteiger partial charge in [0.15, 0.2) is 0 Å². The van der Waals surface area contributed by atoms with Gasteiger partial charge >= 0.3 is 0 Å². The molecule has 1 aromatic rings. The Morgan fingerprint density at radius 1 is 1.73 bits per heavy atom. The normalized spacial score (nSPS) is 28.1. The molecule has 4 nitrogen and oxygen atoms in total. The monoisotopic (exact) mass is 209 g/mol. The summed E-state index contributed by atoms with van der Waals surface area (Å²) in [6.45, 7) is 3.01. The van der Waals surface area contributed by atoms with Gasteiger partial charge in [-0.3, -0.25) is 0 Å². The molecule has 0 radical (unpaired) electrons. The van der Waals surface area contributed by atoms with Crippen molar-refractivity contribution < 1.29 is 4.74 Å². The number of nitrogens with zero attached hydrogens (tertiary/aromatic N) is 1. The van der Waals surface area contributed by atoms with Crippen LogP contribution >= 0.6 is 0 Å². The number of rotatable bonds is 4. The zero-order chi connectivity index (χ0) is 10.7. The van der Waals surface area contributed by atoms with Crippen molar-refractivity contribution in [1.29, 1.82) is 0 Å². The number of nitrogens with one attached hydrogen (secondary N) is 2. The molecular weight excluding hydrogens is 190 g/mol. The first-order valence-electron chi connectivity index (χ1n) is 5.56. The predicted octanol–water partition coefficient (Wildman–Crippen LogP) is 0.965. The minimum atomic E-state index is 0.405. The van der Waals surface area contributed by atoms with Crippen molar-refractivity contribution in [3.63, 3.8) is 0 Å². The summed E-state index contributed by atoms with van der Waals surface area (Å²) in [6.07, 6.45) is 6.17. The summed E-state index contributed by atoms with van der Waals surface area (Å²) in [5, 5.41) is 3.36. The molecule has 1 fully saturated rings. The lowest BCUT2D eigenvalue weighted by Gasteiger charge is -2.20. The van der Waals surface area contributed by atoms with Crippen molar-refractivity contribution in [2.24, 2.45) is 5.92 Å². The third-order valence-corrected chi connectivity index (χ3v) is 3.14. The van der Waals surface area contributed by atoms with Crippen LogP contribution in [0.5, 0.6) is 0 Å². The Morgan fingerprint density at radius 2 is 2.60 bits per heavy atom. The Kier molecular flexibility index (Phi) is 3.38. The average molecular weight is 209 g/mol. The molecule has 4 heteroatoms. The second-order valence-corrected chi connectivity index (χ2v) is 4.27. The third-order valence-electron chi connectivity index (χ3n) is 3.14. The van der Waals surface area contributed by atoms with Crippen molar-refractivity contribution in [2.45, 2.75) is 31.9 Å². The number of H-pyrrole nitrogens is 1. The number of likely N-dealkylation sites (N-methyl/N-ethyl adjacent to an activating group) is 1. The topological polar surface area (TPSA) is 49.9 Å². The standard InChI is InChI=1S/C11H19N3O/c1-8-5-9(7-15-8)10(12-2)6-11-13-3-4-14-11/h3-4,8-10,12H,5-7H2,1-2H3,(H,13,14). The lowest BCUT2D eigenvalue weighted by Crippen LogP contribution is -2.36. The van der Waals surface area contributed by atoms with Gasteiger partial charge in [0, 0.05) is 30.8 Å². The second kappa shape index (κ2) is 4.77. The summed E-state index contributed by atoms with van der Waals surface area (Å²) < 4.78 is 5.60. The molecule has 0 aliphatic carbocycles. The number of aromatic nitrogens is 2. The Hall–Kier alpha value is -0.870. The van der Waals surface area contributed by atoms with Gasteiger partial charge in [0.2, 0.25) is 0 Å². The van der Waals surface area contributed by atoms with E-state index in [2.05, 4.69) is 22.2 Å². The first-order chi connectivity index (χ1) is 7.29. The van der Waals surface area contributed by atoms with Gasteiger partial charge in [-0.25, -0.2) is 4.98 Å². The summed E-state index contributed by atoms with van der Waals surface area (Å²) in [4.78, 5) is 7.40. The van der Waals surface area contributed by atoms with E-state index in [1.165, 1.54) is 0 Å². The van der Waals surface area contributed by atoms with Crippen molar-refractivity contribution in [1.82, 2.24) is 15.3 Å². The molecule has 0 aromatic carbocycles. The average Bonchev–Trinajstić information content (AvgIpc) is 2.85. The minimum absolute atomic E-state index is 0.405. The molecule has 84 valence electrons. The molecule has 1 aliphatic rings. The molecule has 3 unspecified atom stereocenters. The van der Waals surface area contributed by atoms with Crippen molar-refractivity contribution >= 4 is 0 Å². The first kappa shape index (κ1) is 10.6. The minimum Gasteiger partial charge on any atom is -0.378 e. The molecule has 0 bridgehead atoms. The van der Waals surface area contributed by atoms with E-state index in [9.17, 15) is 0 Å². The maximum Gasteiger partial charge on any atom is 0.107 e. The molecule has 0 spiro atoms. The van der Waals surface area contributed by atoms with Gasteiger partial charge in [-0.1, -0.05) is 0 Å². The van der Waals surface area contributed by atoms with E-state index in [-0.39, 0.29) is 0 Å². The SMILES string of the molecule is CNC(Cc1ncc[nH]1)C1COC(C)C1. The molecule has 1 aliphatic heterocycles. The van der Waals surface area contributed by atoms with Crippen LogP contribution in [0, 0.1) is 5.92 Å². The predicted molar refractivity (Wildman–Crippen MR) is 58.7 cm³/mol. The molecule has 3 atom stereocenters.